The molecular weight excluding hydrogens is 297 g/mol. The number of aryl methyl sites for hydroxylation is 1. The predicted molar refractivity (Wildman–Crippen MR) is 83.7 cm³/mol. The van der Waals surface area contributed by atoms with Gasteiger partial charge in [-0.3, -0.25) is 9.59 Å². The van der Waals surface area contributed by atoms with Crippen LogP contribution in [0.15, 0.2) is 48.5 Å². The number of esters is 1. The van der Waals surface area contributed by atoms with Crippen molar-refractivity contribution in [1.29, 1.82) is 0 Å². The smallest absolute Gasteiger partial charge is 0.316 e. The number of anilines is 1. The van der Waals surface area contributed by atoms with Crippen molar-refractivity contribution in [2.24, 2.45) is 5.92 Å². The number of hydrogen-bond donors (Lipinski definition) is 0. The molecule has 0 radical (unpaired) electrons. The van der Waals surface area contributed by atoms with Crippen LogP contribution in [0.2, 0.25) is 0 Å². The third kappa shape index (κ3) is 3.08. The average molecular weight is 313 g/mol. The third-order valence-electron chi connectivity index (χ3n) is 3.91. The van der Waals surface area contributed by atoms with Crippen molar-refractivity contribution >= 4 is 17.6 Å². The van der Waals surface area contributed by atoms with E-state index in [1.165, 1.54) is 17.0 Å². The van der Waals surface area contributed by atoms with E-state index in [4.69, 9.17) is 4.74 Å². The van der Waals surface area contributed by atoms with Crippen LogP contribution in [0.3, 0.4) is 0 Å². The molecule has 0 aromatic heterocycles. The molecule has 1 aliphatic heterocycles. The van der Waals surface area contributed by atoms with Gasteiger partial charge in [0, 0.05) is 13.0 Å². The maximum Gasteiger partial charge on any atom is 0.316 e. The molecule has 0 saturated carbocycles. The molecule has 118 valence electrons. The minimum atomic E-state index is -0.596. The molecule has 1 aliphatic rings. The molecule has 0 bridgehead atoms. The van der Waals surface area contributed by atoms with Crippen molar-refractivity contribution in [2.75, 3.05) is 11.4 Å². The van der Waals surface area contributed by atoms with E-state index in [-0.39, 0.29) is 24.6 Å². The van der Waals surface area contributed by atoms with E-state index in [1.807, 2.05) is 19.1 Å². The van der Waals surface area contributed by atoms with E-state index in [0.29, 0.717) is 5.75 Å². The Labute approximate surface area is 133 Å². The monoisotopic (exact) mass is 313 g/mol. The molecule has 0 aliphatic carbocycles. The zero-order chi connectivity index (χ0) is 16.4. The first-order valence-electron chi connectivity index (χ1n) is 7.38. The second-order valence-electron chi connectivity index (χ2n) is 5.54. The molecule has 2 aromatic carbocycles. The van der Waals surface area contributed by atoms with Gasteiger partial charge < -0.3 is 9.64 Å². The molecule has 1 fully saturated rings. The van der Waals surface area contributed by atoms with Crippen molar-refractivity contribution in [2.45, 2.75) is 13.3 Å². The van der Waals surface area contributed by atoms with Crippen LogP contribution in [-0.4, -0.2) is 18.4 Å². The standard InChI is InChI=1S/C18H16FNO3/c1-12-6-2-5-9-16(12)23-18(22)13-10-17(21)20(11-13)15-8-4-3-7-14(15)19/h2-9,13H,10-11H2,1H3/t13-/m1/s1. The van der Waals surface area contributed by atoms with Crippen molar-refractivity contribution in [3.8, 4) is 5.75 Å². The fourth-order valence-electron chi connectivity index (χ4n) is 2.63. The summed E-state index contributed by atoms with van der Waals surface area (Å²) >= 11 is 0. The van der Waals surface area contributed by atoms with E-state index in [2.05, 4.69) is 0 Å². The van der Waals surface area contributed by atoms with Crippen molar-refractivity contribution in [3.05, 3.63) is 59.9 Å². The lowest BCUT2D eigenvalue weighted by Gasteiger charge is -2.17. The molecule has 0 N–H and O–H groups in total. The highest BCUT2D eigenvalue weighted by Crippen LogP contribution is 2.28. The Balaban J connectivity index is 1.74. The maximum atomic E-state index is 13.8. The number of halogens is 1. The lowest BCUT2D eigenvalue weighted by molar-refractivity contribution is -0.139. The normalized spacial score (nSPS) is 17.4. The van der Waals surface area contributed by atoms with Gasteiger partial charge in [-0.1, -0.05) is 30.3 Å². The molecule has 1 saturated heterocycles. The fourth-order valence-corrected chi connectivity index (χ4v) is 2.63. The molecule has 4 nitrogen and oxygen atoms in total. The average Bonchev–Trinajstić information content (AvgIpc) is 2.92. The number of nitrogens with zero attached hydrogens (tertiary/aromatic N) is 1. The van der Waals surface area contributed by atoms with Crippen LogP contribution in [0.4, 0.5) is 10.1 Å². The van der Waals surface area contributed by atoms with E-state index >= 15 is 0 Å². The van der Waals surface area contributed by atoms with Gasteiger partial charge in [0.1, 0.15) is 11.6 Å². The first kappa shape index (κ1) is 15.2. The molecule has 5 heteroatoms. The Morgan fingerprint density at radius 1 is 1.17 bits per heavy atom. The second-order valence-corrected chi connectivity index (χ2v) is 5.54. The number of benzene rings is 2. The van der Waals surface area contributed by atoms with E-state index < -0.39 is 17.7 Å². The van der Waals surface area contributed by atoms with Gasteiger partial charge in [-0.2, -0.15) is 0 Å². The number of rotatable bonds is 3. The largest absolute Gasteiger partial charge is 0.426 e. The summed E-state index contributed by atoms with van der Waals surface area (Å²) in [5.74, 6) is -1.34. The van der Waals surface area contributed by atoms with E-state index in [0.717, 1.165) is 5.56 Å². The lowest BCUT2D eigenvalue weighted by Crippen LogP contribution is -2.28. The highest BCUT2D eigenvalue weighted by Gasteiger charge is 2.37. The SMILES string of the molecule is Cc1ccccc1OC(=O)[C@@H]1CC(=O)N(c2ccccc2F)C1. The Bertz CT molecular complexity index is 759. The van der Waals surface area contributed by atoms with Crippen LogP contribution in [0.5, 0.6) is 5.75 Å². The number of carbonyl (C=O) groups excluding carboxylic acids is 2. The van der Waals surface area contributed by atoms with E-state index in [9.17, 15) is 14.0 Å². The van der Waals surface area contributed by atoms with Gasteiger partial charge in [0.15, 0.2) is 0 Å². The Hall–Kier alpha value is -2.69. The van der Waals surface area contributed by atoms with Crippen LogP contribution < -0.4 is 9.64 Å². The van der Waals surface area contributed by atoms with Gasteiger partial charge in [-0.15, -0.1) is 0 Å². The Morgan fingerprint density at radius 2 is 1.87 bits per heavy atom. The third-order valence-corrected chi connectivity index (χ3v) is 3.91. The van der Waals surface area contributed by atoms with Crippen LogP contribution in [-0.2, 0) is 9.59 Å². The summed E-state index contributed by atoms with van der Waals surface area (Å²) < 4.78 is 19.2. The fraction of sp³-hybridized carbons (Fsp3) is 0.222. The molecule has 1 atom stereocenters. The highest BCUT2D eigenvalue weighted by atomic mass is 19.1. The number of ether oxygens (including phenoxy) is 1. The molecular formula is C18H16FNO3. The van der Waals surface area contributed by atoms with Gasteiger partial charge in [0.05, 0.1) is 11.6 Å². The van der Waals surface area contributed by atoms with Gasteiger partial charge in [0.25, 0.3) is 0 Å². The van der Waals surface area contributed by atoms with Gasteiger partial charge in [0.2, 0.25) is 5.91 Å². The molecule has 0 unspecified atom stereocenters. The number of carbonyl (C=O) groups is 2. The zero-order valence-corrected chi connectivity index (χ0v) is 12.7. The maximum absolute atomic E-state index is 13.8. The lowest BCUT2D eigenvalue weighted by atomic mass is 10.1. The highest BCUT2D eigenvalue weighted by molar-refractivity contribution is 5.99. The van der Waals surface area contributed by atoms with Crippen LogP contribution in [0, 0.1) is 18.7 Å². The number of hydrogen-bond acceptors (Lipinski definition) is 3. The zero-order valence-electron chi connectivity index (χ0n) is 12.7. The summed E-state index contributed by atoms with van der Waals surface area (Å²) in [6.07, 6.45) is 0.0268. The van der Waals surface area contributed by atoms with Crippen molar-refractivity contribution in [3.63, 3.8) is 0 Å². The first-order valence-corrected chi connectivity index (χ1v) is 7.38. The van der Waals surface area contributed by atoms with Crippen LogP contribution in [0.1, 0.15) is 12.0 Å². The molecule has 1 amide bonds. The van der Waals surface area contributed by atoms with Gasteiger partial charge >= 0.3 is 5.97 Å². The summed E-state index contributed by atoms with van der Waals surface area (Å²) in [6.45, 7) is 1.97. The second kappa shape index (κ2) is 6.20. The molecule has 3 rings (SSSR count). The molecule has 2 aromatic rings. The molecule has 23 heavy (non-hydrogen) atoms. The topological polar surface area (TPSA) is 46.6 Å². The van der Waals surface area contributed by atoms with E-state index in [1.54, 1.807) is 24.3 Å². The minimum Gasteiger partial charge on any atom is -0.426 e. The first-order chi connectivity index (χ1) is 11.1. The predicted octanol–water partition coefficient (Wildman–Crippen LogP) is 3.09. The minimum absolute atomic E-state index is 0.0268. The van der Waals surface area contributed by atoms with Gasteiger partial charge in [-0.05, 0) is 30.7 Å². The number of para-hydroxylation sites is 2. The Morgan fingerprint density at radius 3 is 2.61 bits per heavy atom. The summed E-state index contributed by atoms with van der Waals surface area (Å²) in [7, 11) is 0. The summed E-state index contributed by atoms with van der Waals surface area (Å²) in [6, 6.07) is 13.2. The van der Waals surface area contributed by atoms with Crippen molar-refractivity contribution < 1.29 is 18.7 Å². The number of amides is 1. The summed E-state index contributed by atoms with van der Waals surface area (Å²) in [5, 5.41) is 0. The summed E-state index contributed by atoms with van der Waals surface area (Å²) in [5.41, 5.74) is 1.04. The van der Waals surface area contributed by atoms with Gasteiger partial charge in [-0.25, -0.2) is 4.39 Å². The molecule has 1 heterocycles. The van der Waals surface area contributed by atoms with Crippen LogP contribution >= 0.6 is 0 Å². The van der Waals surface area contributed by atoms with Crippen LogP contribution in [0.25, 0.3) is 0 Å². The Kier molecular flexibility index (Phi) is 4.10. The molecule has 0 spiro atoms. The summed E-state index contributed by atoms with van der Waals surface area (Å²) in [4.78, 5) is 25.7. The van der Waals surface area contributed by atoms with Crippen molar-refractivity contribution in [1.82, 2.24) is 0 Å². The quantitative estimate of drug-likeness (QED) is 0.646.